The van der Waals surface area contributed by atoms with Crippen molar-refractivity contribution in [1.82, 2.24) is 4.90 Å². The van der Waals surface area contributed by atoms with Crippen molar-refractivity contribution in [3.05, 3.63) is 52.2 Å². The van der Waals surface area contributed by atoms with Gasteiger partial charge in [0.25, 0.3) is 0 Å². The van der Waals surface area contributed by atoms with Crippen molar-refractivity contribution in [2.75, 3.05) is 12.4 Å². The van der Waals surface area contributed by atoms with Crippen LogP contribution in [0.25, 0.3) is 0 Å². The molecule has 7 heteroatoms. The van der Waals surface area contributed by atoms with E-state index < -0.39 is 11.7 Å². The lowest BCUT2D eigenvalue weighted by atomic mass is 10.2. The second-order valence-corrected chi connectivity index (χ2v) is 5.86. The third-order valence-corrected chi connectivity index (χ3v) is 4.04. The average Bonchev–Trinajstić information content (AvgIpc) is 2.91. The largest absolute Gasteiger partial charge is 0.416 e. The van der Waals surface area contributed by atoms with Crippen LogP contribution in [-0.2, 0) is 12.7 Å². The van der Waals surface area contributed by atoms with Crippen molar-refractivity contribution in [1.29, 1.82) is 0 Å². The molecule has 0 radical (unpaired) electrons. The third-order valence-electron chi connectivity index (χ3n) is 2.76. The number of nitrogens with zero attached hydrogens (tertiary/aromatic N) is 1. The number of nitrogens with one attached hydrogen (secondary N) is 1. The molecule has 0 aliphatic heterocycles. The van der Waals surface area contributed by atoms with E-state index in [1.807, 2.05) is 17.5 Å². The first kappa shape index (κ1) is 15.8. The number of thiocarbonyl (C=S) groups is 1. The van der Waals surface area contributed by atoms with Gasteiger partial charge in [-0.3, -0.25) is 0 Å². The third kappa shape index (κ3) is 4.44. The first-order valence-electron chi connectivity index (χ1n) is 6.08. The Balaban J connectivity index is 2.02. The van der Waals surface area contributed by atoms with Crippen LogP contribution in [0, 0.1) is 0 Å². The lowest BCUT2D eigenvalue weighted by Gasteiger charge is -2.20. The van der Waals surface area contributed by atoms with Crippen molar-refractivity contribution in [3.63, 3.8) is 0 Å². The maximum Gasteiger partial charge on any atom is 0.416 e. The molecule has 1 heterocycles. The smallest absolute Gasteiger partial charge is 0.347 e. The van der Waals surface area contributed by atoms with Gasteiger partial charge in [-0.1, -0.05) is 12.1 Å². The van der Waals surface area contributed by atoms with Crippen LogP contribution in [0.3, 0.4) is 0 Å². The minimum absolute atomic E-state index is 0.327. The Hall–Kier alpha value is -1.60. The molecule has 0 fully saturated rings. The predicted octanol–water partition coefficient (Wildman–Crippen LogP) is 4.60. The molecule has 0 unspecified atom stereocenters. The van der Waals surface area contributed by atoms with E-state index in [2.05, 4.69) is 5.32 Å². The maximum absolute atomic E-state index is 12.6. The molecule has 0 aliphatic carbocycles. The number of hydrogen-bond donors (Lipinski definition) is 1. The van der Waals surface area contributed by atoms with Crippen LogP contribution < -0.4 is 5.32 Å². The van der Waals surface area contributed by atoms with Crippen molar-refractivity contribution in [3.8, 4) is 0 Å². The summed E-state index contributed by atoms with van der Waals surface area (Å²) in [7, 11) is 1.79. The SMILES string of the molecule is CN(Cc1cccs1)C(=S)Nc1cccc(C(F)(F)F)c1. The van der Waals surface area contributed by atoms with Crippen LogP contribution >= 0.6 is 23.6 Å². The first-order chi connectivity index (χ1) is 9.86. The van der Waals surface area contributed by atoms with Crippen molar-refractivity contribution >= 4 is 34.4 Å². The average molecular weight is 330 g/mol. The molecule has 0 saturated carbocycles. The zero-order valence-corrected chi connectivity index (χ0v) is 12.8. The molecule has 1 aromatic heterocycles. The lowest BCUT2D eigenvalue weighted by molar-refractivity contribution is -0.137. The Kier molecular flexibility index (Phi) is 4.84. The van der Waals surface area contributed by atoms with E-state index in [4.69, 9.17) is 12.2 Å². The van der Waals surface area contributed by atoms with Gasteiger partial charge in [0.15, 0.2) is 5.11 Å². The van der Waals surface area contributed by atoms with E-state index in [1.54, 1.807) is 29.4 Å². The molecule has 2 aromatic rings. The van der Waals surface area contributed by atoms with E-state index in [-0.39, 0.29) is 0 Å². The number of benzene rings is 1. The molecule has 0 amide bonds. The molecule has 112 valence electrons. The molecule has 2 rings (SSSR count). The number of thiophene rings is 1. The predicted molar refractivity (Wildman–Crippen MR) is 83.5 cm³/mol. The molecular formula is C14H13F3N2S2. The zero-order valence-electron chi connectivity index (χ0n) is 11.1. The topological polar surface area (TPSA) is 15.3 Å². The standard InChI is InChI=1S/C14H13F3N2S2/c1-19(9-12-6-3-7-21-12)13(20)18-11-5-2-4-10(8-11)14(15,16)17/h2-8H,9H2,1H3,(H,18,20). The van der Waals surface area contributed by atoms with Crippen LogP contribution in [0.1, 0.15) is 10.4 Å². The minimum atomic E-state index is -4.36. The molecule has 0 spiro atoms. The van der Waals surface area contributed by atoms with Gasteiger partial charge < -0.3 is 10.2 Å². The van der Waals surface area contributed by atoms with Crippen LogP contribution in [0.15, 0.2) is 41.8 Å². The summed E-state index contributed by atoms with van der Waals surface area (Å²) in [6.07, 6.45) is -4.36. The Bertz CT molecular complexity index is 609. The Labute approximate surface area is 130 Å². The highest BCUT2D eigenvalue weighted by atomic mass is 32.1. The number of halogens is 3. The summed E-state index contributed by atoms with van der Waals surface area (Å²) in [6, 6.07) is 8.91. The Morgan fingerprint density at radius 3 is 2.67 bits per heavy atom. The second-order valence-electron chi connectivity index (χ2n) is 4.44. The van der Waals surface area contributed by atoms with Gasteiger partial charge in [-0.2, -0.15) is 13.2 Å². The molecular weight excluding hydrogens is 317 g/mol. The highest BCUT2D eigenvalue weighted by Crippen LogP contribution is 2.30. The molecule has 0 saturated heterocycles. The van der Waals surface area contributed by atoms with E-state index >= 15 is 0 Å². The Morgan fingerprint density at radius 2 is 2.05 bits per heavy atom. The second kappa shape index (κ2) is 6.44. The van der Waals surface area contributed by atoms with Gasteiger partial charge in [0.05, 0.1) is 12.1 Å². The summed E-state index contributed by atoms with van der Waals surface area (Å²) in [5.74, 6) is 0. The number of alkyl halides is 3. The van der Waals surface area contributed by atoms with Crippen molar-refractivity contribution < 1.29 is 13.2 Å². The van der Waals surface area contributed by atoms with Gasteiger partial charge in [-0.15, -0.1) is 11.3 Å². The molecule has 1 aromatic carbocycles. The van der Waals surface area contributed by atoms with Crippen molar-refractivity contribution in [2.24, 2.45) is 0 Å². The van der Waals surface area contributed by atoms with E-state index in [1.165, 1.54) is 6.07 Å². The van der Waals surface area contributed by atoms with E-state index in [9.17, 15) is 13.2 Å². The van der Waals surface area contributed by atoms with Gasteiger partial charge >= 0.3 is 6.18 Å². The van der Waals surface area contributed by atoms with Gasteiger partial charge in [-0.05, 0) is 41.9 Å². The van der Waals surface area contributed by atoms with Crippen LogP contribution in [0.5, 0.6) is 0 Å². The van der Waals surface area contributed by atoms with E-state index in [0.29, 0.717) is 17.3 Å². The molecule has 21 heavy (non-hydrogen) atoms. The first-order valence-corrected chi connectivity index (χ1v) is 7.37. The van der Waals surface area contributed by atoms with Gasteiger partial charge in [0.2, 0.25) is 0 Å². The van der Waals surface area contributed by atoms with Crippen LogP contribution in [0.4, 0.5) is 18.9 Å². The molecule has 0 aliphatic rings. The fourth-order valence-electron chi connectivity index (χ4n) is 1.70. The van der Waals surface area contributed by atoms with Gasteiger partial charge in [-0.25, -0.2) is 0 Å². The fourth-order valence-corrected chi connectivity index (χ4v) is 2.64. The summed E-state index contributed by atoms with van der Waals surface area (Å²) < 4.78 is 37.9. The van der Waals surface area contributed by atoms with Crippen LogP contribution in [-0.4, -0.2) is 17.1 Å². The lowest BCUT2D eigenvalue weighted by Crippen LogP contribution is -2.30. The highest BCUT2D eigenvalue weighted by Gasteiger charge is 2.30. The van der Waals surface area contributed by atoms with Crippen molar-refractivity contribution in [2.45, 2.75) is 12.7 Å². The summed E-state index contributed by atoms with van der Waals surface area (Å²) in [5.41, 5.74) is -0.371. The molecule has 0 bridgehead atoms. The van der Waals surface area contributed by atoms with Gasteiger partial charge in [0.1, 0.15) is 0 Å². The fraction of sp³-hybridized carbons (Fsp3) is 0.214. The van der Waals surface area contributed by atoms with Gasteiger partial charge in [0, 0.05) is 17.6 Å². The van der Waals surface area contributed by atoms with Crippen LogP contribution in [0.2, 0.25) is 0 Å². The molecule has 1 N–H and O–H groups in total. The molecule has 0 atom stereocenters. The number of anilines is 1. The molecule has 2 nitrogen and oxygen atoms in total. The summed E-state index contributed by atoms with van der Waals surface area (Å²) >= 11 is 6.81. The van der Waals surface area contributed by atoms with E-state index in [0.717, 1.165) is 17.0 Å². The Morgan fingerprint density at radius 1 is 1.29 bits per heavy atom. The monoisotopic (exact) mass is 330 g/mol. The normalized spacial score (nSPS) is 11.2. The maximum atomic E-state index is 12.6. The number of hydrogen-bond acceptors (Lipinski definition) is 2. The number of rotatable bonds is 3. The summed E-state index contributed by atoms with van der Waals surface area (Å²) in [6.45, 7) is 0.614. The minimum Gasteiger partial charge on any atom is -0.347 e. The summed E-state index contributed by atoms with van der Waals surface area (Å²) in [5, 5.41) is 5.17. The summed E-state index contributed by atoms with van der Waals surface area (Å²) in [4.78, 5) is 2.91. The quantitative estimate of drug-likeness (QED) is 0.828. The highest BCUT2D eigenvalue weighted by molar-refractivity contribution is 7.80. The zero-order chi connectivity index (χ0) is 15.5.